The van der Waals surface area contributed by atoms with Crippen LogP contribution < -0.4 is 10.6 Å². The highest BCUT2D eigenvalue weighted by Crippen LogP contribution is 2.17. The monoisotopic (exact) mass is 250 g/mol. The van der Waals surface area contributed by atoms with Gasteiger partial charge in [-0.3, -0.25) is 4.79 Å². The van der Waals surface area contributed by atoms with Crippen molar-refractivity contribution in [2.45, 2.75) is 51.1 Å². The number of carbonyl (C=O) groups excluding carboxylic acids is 1. The summed E-state index contributed by atoms with van der Waals surface area (Å²) in [5, 5.41) is 6.37. The first-order chi connectivity index (χ1) is 8.75. The fourth-order valence-corrected chi connectivity index (χ4v) is 2.41. The molecule has 0 bridgehead atoms. The molecule has 0 aliphatic heterocycles. The highest BCUT2D eigenvalue weighted by atomic mass is 16.3. The van der Waals surface area contributed by atoms with Crippen LogP contribution in [0.25, 0.3) is 0 Å². The van der Waals surface area contributed by atoms with Crippen LogP contribution in [0.15, 0.2) is 22.8 Å². The Balaban J connectivity index is 1.61. The lowest BCUT2D eigenvalue weighted by Crippen LogP contribution is -2.34. The van der Waals surface area contributed by atoms with E-state index in [0.717, 1.165) is 18.6 Å². The van der Waals surface area contributed by atoms with Gasteiger partial charge in [-0.25, -0.2) is 0 Å². The molecule has 4 nitrogen and oxygen atoms in total. The summed E-state index contributed by atoms with van der Waals surface area (Å²) >= 11 is 0. The maximum atomic E-state index is 11.7. The van der Waals surface area contributed by atoms with E-state index < -0.39 is 0 Å². The SMILES string of the molecule is CC(NCCC(=O)NC1CCCC1)c1ccco1. The molecule has 1 aromatic rings. The van der Waals surface area contributed by atoms with E-state index in [9.17, 15) is 4.79 Å². The lowest BCUT2D eigenvalue weighted by atomic mass is 10.2. The van der Waals surface area contributed by atoms with Crippen molar-refractivity contribution in [3.63, 3.8) is 0 Å². The molecule has 4 heteroatoms. The average Bonchev–Trinajstić information content (AvgIpc) is 3.00. The number of rotatable bonds is 6. The molecule has 1 aliphatic rings. The first-order valence-electron chi connectivity index (χ1n) is 6.82. The summed E-state index contributed by atoms with van der Waals surface area (Å²) in [5.74, 6) is 1.06. The molecule has 1 heterocycles. The standard InChI is InChI=1S/C14H22N2O2/c1-11(13-7-4-10-18-13)15-9-8-14(17)16-12-5-2-3-6-12/h4,7,10-12,15H,2-3,5-6,8-9H2,1H3,(H,16,17). The Morgan fingerprint density at radius 2 is 2.28 bits per heavy atom. The number of furan rings is 1. The Labute approximate surface area is 108 Å². The summed E-state index contributed by atoms with van der Waals surface area (Å²) in [6.45, 7) is 2.72. The Bertz CT molecular complexity index is 356. The summed E-state index contributed by atoms with van der Waals surface area (Å²) in [6, 6.07) is 4.38. The van der Waals surface area contributed by atoms with Gasteiger partial charge in [-0.05, 0) is 31.9 Å². The van der Waals surface area contributed by atoms with Gasteiger partial charge in [0, 0.05) is 19.0 Å². The molecule has 1 atom stereocenters. The van der Waals surface area contributed by atoms with Crippen LogP contribution in [0.5, 0.6) is 0 Å². The van der Waals surface area contributed by atoms with Crippen LogP contribution in [-0.2, 0) is 4.79 Å². The van der Waals surface area contributed by atoms with Crippen molar-refractivity contribution in [1.82, 2.24) is 10.6 Å². The summed E-state index contributed by atoms with van der Waals surface area (Å²) in [5.41, 5.74) is 0. The smallest absolute Gasteiger partial charge is 0.221 e. The molecule has 1 saturated carbocycles. The molecular weight excluding hydrogens is 228 g/mol. The Kier molecular flexibility index (Phi) is 4.81. The first-order valence-corrected chi connectivity index (χ1v) is 6.82. The van der Waals surface area contributed by atoms with E-state index in [2.05, 4.69) is 10.6 Å². The van der Waals surface area contributed by atoms with Gasteiger partial charge in [-0.2, -0.15) is 0 Å². The second kappa shape index (κ2) is 6.59. The van der Waals surface area contributed by atoms with Gasteiger partial charge >= 0.3 is 0 Å². The van der Waals surface area contributed by atoms with Gasteiger partial charge in [0.05, 0.1) is 12.3 Å². The van der Waals surface area contributed by atoms with Crippen LogP contribution in [-0.4, -0.2) is 18.5 Å². The third kappa shape index (κ3) is 3.88. The van der Waals surface area contributed by atoms with Crippen LogP contribution in [0, 0.1) is 0 Å². The van der Waals surface area contributed by atoms with Gasteiger partial charge in [0.2, 0.25) is 5.91 Å². The van der Waals surface area contributed by atoms with E-state index in [4.69, 9.17) is 4.42 Å². The number of hydrogen-bond acceptors (Lipinski definition) is 3. The molecule has 100 valence electrons. The number of carbonyl (C=O) groups is 1. The van der Waals surface area contributed by atoms with Crippen molar-refractivity contribution in [2.75, 3.05) is 6.54 Å². The molecule has 1 fully saturated rings. The topological polar surface area (TPSA) is 54.3 Å². The van der Waals surface area contributed by atoms with E-state index in [1.807, 2.05) is 19.1 Å². The minimum Gasteiger partial charge on any atom is -0.468 e. The predicted octanol–water partition coefficient (Wildman–Crippen LogP) is 2.38. The Morgan fingerprint density at radius 3 is 2.94 bits per heavy atom. The van der Waals surface area contributed by atoms with E-state index in [1.54, 1.807) is 6.26 Å². The van der Waals surface area contributed by atoms with Gasteiger partial charge in [0.25, 0.3) is 0 Å². The van der Waals surface area contributed by atoms with Crippen LogP contribution in [0.3, 0.4) is 0 Å². The Morgan fingerprint density at radius 1 is 1.50 bits per heavy atom. The maximum absolute atomic E-state index is 11.7. The second-order valence-electron chi connectivity index (χ2n) is 4.99. The van der Waals surface area contributed by atoms with E-state index in [1.165, 1.54) is 12.8 Å². The Hall–Kier alpha value is -1.29. The zero-order valence-corrected chi connectivity index (χ0v) is 10.9. The van der Waals surface area contributed by atoms with Crippen LogP contribution in [0.1, 0.15) is 50.8 Å². The van der Waals surface area contributed by atoms with Crippen molar-refractivity contribution in [3.05, 3.63) is 24.2 Å². The molecule has 1 aliphatic carbocycles. The van der Waals surface area contributed by atoms with Crippen molar-refractivity contribution in [1.29, 1.82) is 0 Å². The summed E-state index contributed by atoms with van der Waals surface area (Å²) in [4.78, 5) is 11.7. The molecule has 1 unspecified atom stereocenters. The summed E-state index contributed by atoms with van der Waals surface area (Å²) in [6.07, 6.45) is 6.98. The van der Waals surface area contributed by atoms with E-state index in [-0.39, 0.29) is 11.9 Å². The van der Waals surface area contributed by atoms with E-state index >= 15 is 0 Å². The molecular formula is C14H22N2O2. The highest BCUT2D eigenvalue weighted by Gasteiger charge is 2.16. The quantitative estimate of drug-likeness (QED) is 0.815. The molecule has 0 radical (unpaired) electrons. The van der Waals surface area contributed by atoms with Gasteiger partial charge in [0.15, 0.2) is 0 Å². The lowest BCUT2D eigenvalue weighted by Gasteiger charge is -2.13. The van der Waals surface area contributed by atoms with Gasteiger partial charge in [-0.1, -0.05) is 12.8 Å². The molecule has 1 aromatic heterocycles. The van der Waals surface area contributed by atoms with E-state index in [0.29, 0.717) is 19.0 Å². The van der Waals surface area contributed by atoms with Crippen molar-refractivity contribution < 1.29 is 9.21 Å². The van der Waals surface area contributed by atoms with Crippen LogP contribution in [0.2, 0.25) is 0 Å². The normalized spacial score (nSPS) is 17.8. The maximum Gasteiger partial charge on any atom is 0.221 e. The minimum atomic E-state index is 0.152. The van der Waals surface area contributed by atoms with Crippen molar-refractivity contribution in [3.8, 4) is 0 Å². The largest absolute Gasteiger partial charge is 0.468 e. The third-order valence-electron chi connectivity index (χ3n) is 3.49. The van der Waals surface area contributed by atoms with Crippen molar-refractivity contribution >= 4 is 5.91 Å². The lowest BCUT2D eigenvalue weighted by molar-refractivity contribution is -0.121. The van der Waals surface area contributed by atoms with Crippen LogP contribution in [0.4, 0.5) is 0 Å². The van der Waals surface area contributed by atoms with Gasteiger partial charge < -0.3 is 15.1 Å². The molecule has 18 heavy (non-hydrogen) atoms. The van der Waals surface area contributed by atoms with Gasteiger partial charge in [-0.15, -0.1) is 0 Å². The molecule has 1 amide bonds. The second-order valence-corrected chi connectivity index (χ2v) is 4.99. The van der Waals surface area contributed by atoms with Crippen molar-refractivity contribution in [2.24, 2.45) is 0 Å². The number of hydrogen-bond donors (Lipinski definition) is 2. The highest BCUT2D eigenvalue weighted by molar-refractivity contribution is 5.76. The summed E-state index contributed by atoms with van der Waals surface area (Å²) < 4.78 is 5.30. The molecule has 0 aromatic carbocycles. The average molecular weight is 250 g/mol. The molecule has 0 saturated heterocycles. The minimum absolute atomic E-state index is 0.152. The van der Waals surface area contributed by atoms with Gasteiger partial charge in [0.1, 0.15) is 5.76 Å². The first kappa shape index (κ1) is 13.1. The molecule has 2 N–H and O–H groups in total. The fraction of sp³-hybridized carbons (Fsp3) is 0.643. The summed E-state index contributed by atoms with van der Waals surface area (Å²) in [7, 11) is 0. The number of amides is 1. The zero-order chi connectivity index (χ0) is 12.8. The zero-order valence-electron chi connectivity index (χ0n) is 10.9. The predicted molar refractivity (Wildman–Crippen MR) is 70.1 cm³/mol. The molecule has 2 rings (SSSR count). The number of nitrogens with one attached hydrogen (secondary N) is 2. The van der Waals surface area contributed by atoms with Crippen LogP contribution >= 0.6 is 0 Å². The fourth-order valence-electron chi connectivity index (χ4n) is 2.41. The molecule has 0 spiro atoms. The third-order valence-corrected chi connectivity index (χ3v) is 3.49.